The van der Waals surface area contributed by atoms with E-state index in [2.05, 4.69) is 67.6 Å². The van der Waals surface area contributed by atoms with Crippen LogP contribution >= 0.6 is 0 Å². The standard InChI is InChI=1S/C29H28O/c1-18-3-2-4-26-25-10-7-23(14-27(25)30-28(18)26)22-5-8-24(9-6-22)29-15-19-11-20(16-29)13-21(12-19)17-29/h2-10,14,19-21H,11-13,15-17H2,1H3. The highest BCUT2D eigenvalue weighted by Crippen LogP contribution is 2.60. The first kappa shape index (κ1) is 17.2. The maximum atomic E-state index is 6.23. The molecule has 0 unspecified atom stereocenters. The third-order valence-electron chi connectivity index (χ3n) is 8.56. The van der Waals surface area contributed by atoms with Crippen LogP contribution in [0.1, 0.15) is 49.7 Å². The van der Waals surface area contributed by atoms with Crippen LogP contribution in [0.3, 0.4) is 0 Å². The Balaban J connectivity index is 1.26. The van der Waals surface area contributed by atoms with Gasteiger partial charge in [0.25, 0.3) is 0 Å². The molecule has 4 bridgehead atoms. The predicted molar refractivity (Wildman–Crippen MR) is 124 cm³/mol. The minimum atomic E-state index is 0.480. The minimum absolute atomic E-state index is 0.480. The fourth-order valence-electron chi connectivity index (χ4n) is 7.60. The maximum Gasteiger partial charge on any atom is 0.138 e. The molecule has 4 aliphatic rings. The van der Waals surface area contributed by atoms with Crippen LogP contribution < -0.4 is 0 Å². The van der Waals surface area contributed by atoms with Crippen molar-refractivity contribution in [3.05, 3.63) is 71.8 Å². The molecule has 0 radical (unpaired) electrons. The van der Waals surface area contributed by atoms with Gasteiger partial charge in [0.05, 0.1) is 0 Å². The predicted octanol–water partition coefficient (Wildman–Crippen LogP) is 8.03. The molecule has 8 rings (SSSR count). The number of fused-ring (bicyclic) bond motifs is 3. The molecule has 0 spiro atoms. The molecule has 1 aromatic heterocycles. The lowest BCUT2D eigenvalue weighted by Crippen LogP contribution is -2.48. The van der Waals surface area contributed by atoms with E-state index < -0.39 is 0 Å². The lowest BCUT2D eigenvalue weighted by Gasteiger charge is -2.57. The number of furan rings is 1. The zero-order chi connectivity index (χ0) is 19.9. The lowest BCUT2D eigenvalue weighted by molar-refractivity contribution is -0.00518. The normalized spacial score (nSPS) is 29.8. The Hall–Kier alpha value is -2.54. The summed E-state index contributed by atoms with van der Waals surface area (Å²) in [7, 11) is 0. The second kappa shape index (κ2) is 6.00. The van der Waals surface area contributed by atoms with Gasteiger partial charge in [-0.1, -0.05) is 48.5 Å². The number of benzene rings is 3. The number of aryl methyl sites for hydroxylation is 1. The summed E-state index contributed by atoms with van der Waals surface area (Å²) in [6, 6.07) is 22.7. The fourth-order valence-corrected chi connectivity index (χ4v) is 7.60. The summed E-state index contributed by atoms with van der Waals surface area (Å²) in [6.45, 7) is 2.12. The Bertz CT molecular complexity index is 1240. The largest absolute Gasteiger partial charge is 0.456 e. The van der Waals surface area contributed by atoms with E-state index in [1.54, 1.807) is 5.56 Å². The van der Waals surface area contributed by atoms with Crippen molar-refractivity contribution in [2.24, 2.45) is 17.8 Å². The Labute approximate surface area is 178 Å². The molecule has 4 aromatic rings. The molecule has 4 fully saturated rings. The smallest absolute Gasteiger partial charge is 0.138 e. The van der Waals surface area contributed by atoms with Crippen LogP contribution in [-0.2, 0) is 5.41 Å². The summed E-state index contributed by atoms with van der Waals surface area (Å²) >= 11 is 0. The molecule has 0 aliphatic heterocycles. The molecule has 0 N–H and O–H groups in total. The van der Waals surface area contributed by atoms with Gasteiger partial charge in [-0.15, -0.1) is 0 Å². The van der Waals surface area contributed by atoms with Crippen LogP contribution in [0.25, 0.3) is 33.1 Å². The Kier molecular flexibility index (Phi) is 3.44. The van der Waals surface area contributed by atoms with Gasteiger partial charge in [-0.3, -0.25) is 0 Å². The van der Waals surface area contributed by atoms with Crippen molar-refractivity contribution in [3.63, 3.8) is 0 Å². The Morgan fingerprint density at radius 2 is 1.40 bits per heavy atom. The molecule has 3 aromatic carbocycles. The summed E-state index contributed by atoms with van der Waals surface area (Å²) in [6.07, 6.45) is 8.82. The van der Waals surface area contributed by atoms with Gasteiger partial charge in [0.1, 0.15) is 11.2 Å². The van der Waals surface area contributed by atoms with E-state index in [4.69, 9.17) is 4.42 Å². The summed E-state index contributed by atoms with van der Waals surface area (Å²) in [5.74, 6) is 2.99. The van der Waals surface area contributed by atoms with Crippen molar-refractivity contribution in [1.29, 1.82) is 0 Å². The first-order valence-corrected chi connectivity index (χ1v) is 11.7. The Morgan fingerprint density at radius 1 is 0.733 bits per heavy atom. The van der Waals surface area contributed by atoms with Crippen molar-refractivity contribution >= 4 is 21.9 Å². The Morgan fingerprint density at radius 3 is 2.10 bits per heavy atom. The van der Waals surface area contributed by atoms with Crippen molar-refractivity contribution < 1.29 is 4.42 Å². The van der Waals surface area contributed by atoms with Crippen molar-refractivity contribution in [1.82, 2.24) is 0 Å². The summed E-state index contributed by atoms with van der Waals surface area (Å²) in [4.78, 5) is 0. The van der Waals surface area contributed by atoms with Crippen LogP contribution in [0.5, 0.6) is 0 Å². The monoisotopic (exact) mass is 392 g/mol. The van der Waals surface area contributed by atoms with E-state index in [9.17, 15) is 0 Å². The minimum Gasteiger partial charge on any atom is -0.456 e. The topological polar surface area (TPSA) is 13.1 Å². The van der Waals surface area contributed by atoms with Crippen LogP contribution in [0, 0.1) is 24.7 Å². The van der Waals surface area contributed by atoms with Gasteiger partial charge in [0.2, 0.25) is 0 Å². The second-order valence-corrected chi connectivity index (χ2v) is 10.5. The molecule has 0 amide bonds. The molecular weight excluding hydrogens is 364 g/mol. The van der Waals surface area contributed by atoms with E-state index in [1.807, 2.05) is 0 Å². The van der Waals surface area contributed by atoms with Gasteiger partial charge in [0, 0.05) is 10.8 Å². The number of para-hydroxylation sites is 1. The zero-order valence-electron chi connectivity index (χ0n) is 17.7. The third kappa shape index (κ3) is 2.41. The van der Waals surface area contributed by atoms with Gasteiger partial charge in [0.15, 0.2) is 0 Å². The molecule has 1 heterocycles. The van der Waals surface area contributed by atoms with E-state index in [-0.39, 0.29) is 0 Å². The second-order valence-electron chi connectivity index (χ2n) is 10.5. The molecule has 30 heavy (non-hydrogen) atoms. The molecular formula is C29H28O. The van der Waals surface area contributed by atoms with E-state index in [0.717, 1.165) is 28.9 Å². The van der Waals surface area contributed by atoms with E-state index >= 15 is 0 Å². The summed E-state index contributed by atoms with van der Waals surface area (Å²) < 4.78 is 6.23. The number of hydrogen-bond donors (Lipinski definition) is 0. The van der Waals surface area contributed by atoms with E-state index in [0.29, 0.717) is 5.41 Å². The summed E-state index contributed by atoms with van der Waals surface area (Å²) in [5.41, 5.74) is 7.83. The highest BCUT2D eigenvalue weighted by atomic mass is 16.3. The third-order valence-corrected chi connectivity index (χ3v) is 8.56. The average molecular weight is 393 g/mol. The van der Waals surface area contributed by atoms with Gasteiger partial charge in [-0.25, -0.2) is 0 Å². The maximum absolute atomic E-state index is 6.23. The molecule has 4 saturated carbocycles. The van der Waals surface area contributed by atoms with Crippen LogP contribution in [-0.4, -0.2) is 0 Å². The van der Waals surface area contributed by atoms with Crippen molar-refractivity contribution in [3.8, 4) is 11.1 Å². The molecule has 0 saturated heterocycles. The number of rotatable bonds is 2. The first-order chi connectivity index (χ1) is 14.7. The number of hydrogen-bond acceptors (Lipinski definition) is 1. The van der Waals surface area contributed by atoms with Crippen LogP contribution in [0.4, 0.5) is 0 Å². The molecule has 1 heteroatoms. The summed E-state index contributed by atoms with van der Waals surface area (Å²) in [5, 5.41) is 2.43. The SMILES string of the molecule is Cc1cccc2c1oc1cc(-c3ccc(C45CC6CC(CC(C6)C4)C5)cc3)ccc12. The van der Waals surface area contributed by atoms with E-state index in [1.165, 1.54) is 66.0 Å². The molecule has 4 aliphatic carbocycles. The highest BCUT2D eigenvalue weighted by Gasteiger charge is 2.51. The molecule has 1 nitrogen and oxygen atoms in total. The van der Waals surface area contributed by atoms with Gasteiger partial charge in [-0.05, 0) is 103 Å². The average Bonchev–Trinajstić information content (AvgIpc) is 3.12. The van der Waals surface area contributed by atoms with Crippen molar-refractivity contribution in [2.75, 3.05) is 0 Å². The van der Waals surface area contributed by atoms with Crippen LogP contribution in [0.15, 0.2) is 65.1 Å². The quantitative estimate of drug-likeness (QED) is 0.336. The lowest BCUT2D eigenvalue weighted by atomic mass is 9.48. The van der Waals surface area contributed by atoms with Gasteiger partial charge >= 0.3 is 0 Å². The molecule has 0 atom stereocenters. The van der Waals surface area contributed by atoms with Gasteiger partial charge < -0.3 is 4.42 Å². The van der Waals surface area contributed by atoms with Gasteiger partial charge in [-0.2, -0.15) is 0 Å². The van der Waals surface area contributed by atoms with Crippen LogP contribution in [0.2, 0.25) is 0 Å². The van der Waals surface area contributed by atoms with Crippen molar-refractivity contribution in [2.45, 2.75) is 50.9 Å². The highest BCUT2D eigenvalue weighted by molar-refractivity contribution is 6.06. The fraction of sp³-hybridized carbons (Fsp3) is 0.379. The first-order valence-electron chi connectivity index (χ1n) is 11.7. The molecule has 150 valence electrons. The zero-order valence-corrected chi connectivity index (χ0v) is 17.7.